The second kappa shape index (κ2) is 10.3. The van der Waals surface area contributed by atoms with Crippen molar-refractivity contribution in [3.63, 3.8) is 0 Å². The van der Waals surface area contributed by atoms with Crippen LogP contribution in [0.1, 0.15) is 12.0 Å². The summed E-state index contributed by atoms with van der Waals surface area (Å²) in [7, 11) is 2.04. The van der Waals surface area contributed by atoms with Crippen LogP contribution in [-0.2, 0) is 10.5 Å². The van der Waals surface area contributed by atoms with Gasteiger partial charge in [-0.1, -0.05) is 35.9 Å². The van der Waals surface area contributed by atoms with Crippen molar-refractivity contribution in [2.75, 3.05) is 30.8 Å². The number of hydrogen-bond donors (Lipinski definition) is 1. The molecule has 134 valence electrons. The Kier molecular flexibility index (Phi) is 8.09. The molecule has 0 bridgehead atoms. The molecule has 3 nitrogen and oxygen atoms in total. The molecule has 0 aliphatic heterocycles. The number of thioether (sulfide) groups is 1. The SMILES string of the molecule is CN(CCCNC(=O)CSCc1ccc(Cl)cc1F)c1ccccc1. The Bertz CT molecular complexity index is 684. The van der Waals surface area contributed by atoms with Crippen LogP contribution in [0.2, 0.25) is 5.02 Å². The van der Waals surface area contributed by atoms with Gasteiger partial charge < -0.3 is 10.2 Å². The predicted molar refractivity (Wildman–Crippen MR) is 105 cm³/mol. The van der Waals surface area contributed by atoms with Gasteiger partial charge in [-0.25, -0.2) is 4.39 Å². The average molecular weight is 381 g/mol. The number of nitrogens with zero attached hydrogens (tertiary/aromatic N) is 1. The number of rotatable bonds is 9. The minimum absolute atomic E-state index is 0.0262. The summed E-state index contributed by atoms with van der Waals surface area (Å²) < 4.78 is 13.6. The fourth-order valence-corrected chi connectivity index (χ4v) is 3.30. The van der Waals surface area contributed by atoms with E-state index in [2.05, 4.69) is 22.3 Å². The van der Waals surface area contributed by atoms with Crippen molar-refractivity contribution in [2.45, 2.75) is 12.2 Å². The highest BCUT2D eigenvalue weighted by molar-refractivity contribution is 7.99. The molecular weight excluding hydrogens is 359 g/mol. The maximum absolute atomic E-state index is 13.6. The zero-order chi connectivity index (χ0) is 18.1. The van der Waals surface area contributed by atoms with E-state index in [4.69, 9.17) is 11.6 Å². The van der Waals surface area contributed by atoms with Gasteiger partial charge >= 0.3 is 0 Å². The molecule has 0 unspecified atom stereocenters. The van der Waals surface area contributed by atoms with Gasteiger partial charge in [-0.2, -0.15) is 0 Å². The fraction of sp³-hybridized carbons (Fsp3) is 0.316. The van der Waals surface area contributed by atoms with Crippen LogP contribution in [-0.4, -0.2) is 31.8 Å². The van der Waals surface area contributed by atoms with Crippen LogP contribution in [0.4, 0.5) is 10.1 Å². The Morgan fingerprint density at radius 2 is 2.00 bits per heavy atom. The van der Waals surface area contributed by atoms with Crippen molar-refractivity contribution in [3.8, 4) is 0 Å². The van der Waals surface area contributed by atoms with Crippen molar-refractivity contribution < 1.29 is 9.18 Å². The lowest BCUT2D eigenvalue weighted by Gasteiger charge is -2.19. The summed E-state index contributed by atoms with van der Waals surface area (Å²) in [4.78, 5) is 14.0. The van der Waals surface area contributed by atoms with Gasteiger partial charge in [-0.3, -0.25) is 4.79 Å². The average Bonchev–Trinajstić information content (AvgIpc) is 2.61. The number of halogens is 2. The molecule has 0 fully saturated rings. The van der Waals surface area contributed by atoms with E-state index in [9.17, 15) is 9.18 Å². The Labute approximate surface area is 157 Å². The van der Waals surface area contributed by atoms with Crippen LogP contribution in [0.15, 0.2) is 48.5 Å². The molecule has 1 N–H and O–H groups in total. The highest BCUT2D eigenvalue weighted by atomic mass is 35.5. The summed E-state index contributed by atoms with van der Waals surface area (Å²) in [6.45, 7) is 1.50. The van der Waals surface area contributed by atoms with E-state index in [0.29, 0.717) is 28.6 Å². The van der Waals surface area contributed by atoms with E-state index in [0.717, 1.165) is 18.7 Å². The van der Waals surface area contributed by atoms with Gasteiger partial charge in [-0.05, 0) is 36.2 Å². The Morgan fingerprint density at radius 1 is 1.24 bits per heavy atom. The molecule has 0 saturated heterocycles. The van der Waals surface area contributed by atoms with Crippen LogP contribution in [0, 0.1) is 5.82 Å². The third-order valence-corrected chi connectivity index (χ3v) is 4.91. The second-order valence-corrected chi connectivity index (χ2v) is 7.11. The molecule has 2 aromatic rings. The zero-order valence-electron chi connectivity index (χ0n) is 14.2. The summed E-state index contributed by atoms with van der Waals surface area (Å²) in [5.74, 6) is 0.412. The van der Waals surface area contributed by atoms with Gasteiger partial charge in [0, 0.05) is 36.6 Å². The number of carbonyl (C=O) groups is 1. The minimum atomic E-state index is -0.329. The third kappa shape index (κ3) is 6.96. The van der Waals surface area contributed by atoms with Crippen molar-refractivity contribution in [3.05, 3.63) is 64.9 Å². The fourth-order valence-electron chi connectivity index (χ4n) is 2.30. The molecule has 0 atom stereocenters. The molecule has 25 heavy (non-hydrogen) atoms. The number of amides is 1. The minimum Gasteiger partial charge on any atom is -0.375 e. The summed E-state index contributed by atoms with van der Waals surface area (Å²) in [6.07, 6.45) is 0.869. The zero-order valence-corrected chi connectivity index (χ0v) is 15.7. The lowest BCUT2D eigenvalue weighted by molar-refractivity contribution is -0.118. The quantitative estimate of drug-likeness (QED) is 0.656. The Balaban J connectivity index is 1.59. The highest BCUT2D eigenvalue weighted by Crippen LogP contribution is 2.19. The largest absolute Gasteiger partial charge is 0.375 e. The second-order valence-electron chi connectivity index (χ2n) is 5.69. The third-order valence-electron chi connectivity index (χ3n) is 3.70. The molecule has 0 aliphatic carbocycles. The van der Waals surface area contributed by atoms with E-state index < -0.39 is 0 Å². The number of carbonyl (C=O) groups excluding carboxylic acids is 1. The van der Waals surface area contributed by atoms with Crippen LogP contribution in [0.5, 0.6) is 0 Å². The van der Waals surface area contributed by atoms with Crippen LogP contribution < -0.4 is 10.2 Å². The van der Waals surface area contributed by atoms with E-state index >= 15 is 0 Å². The topological polar surface area (TPSA) is 32.3 Å². The van der Waals surface area contributed by atoms with Crippen molar-refractivity contribution in [1.82, 2.24) is 5.32 Å². The number of anilines is 1. The van der Waals surface area contributed by atoms with E-state index in [1.54, 1.807) is 12.1 Å². The summed E-state index contributed by atoms with van der Waals surface area (Å²) in [6, 6.07) is 14.7. The molecule has 0 heterocycles. The number of hydrogen-bond acceptors (Lipinski definition) is 3. The molecule has 0 radical (unpaired) electrons. The predicted octanol–water partition coefficient (Wildman–Crippen LogP) is 4.36. The Morgan fingerprint density at radius 3 is 2.72 bits per heavy atom. The van der Waals surface area contributed by atoms with Gasteiger partial charge in [0.25, 0.3) is 0 Å². The number of benzene rings is 2. The summed E-state index contributed by atoms with van der Waals surface area (Å²) >= 11 is 7.11. The van der Waals surface area contributed by atoms with Crippen molar-refractivity contribution in [2.24, 2.45) is 0 Å². The monoisotopic (exact) mass is 380 g/mol. The first-order valence-electron chi connectivity index (χ1n) is 8.11. The molecule has 1 amide bonds. The van der Waals surface area contributed by atoms with Gasteiger partial charge in [0.1, 0.15) is 5.82 Å². The smallest absolute Gasteiger partial charge is 0.230 e. The lowest BCUT2D eigenvalue weighted by atomic mass is 10.2. The highest BCUT2D eigenvalue weighted by Gasteiger charge is 2.06. The maximum atomic E-state index is 13.6. The van der Waals surface area contributed by atoms with Gasteiger partial charge in [0.15, 0.2) is 0 Å². The Hall–Kier alpha value is -1.72. The molecule has 2 aromatic carbocycles. The van der Waals surface area contributed by atoms with Crippen molar-refractivity contribution >= 4 is 35.0 Å². The lowest BCUT2D eigenvalue weighted by Crippen LogP contribution is -2.29. The van der Waals surface area contributed by atoms with Gasteiger partial charge in [0.2, 0.25) is 5.91 Å². The van der Waals surface area contributed by atoms with Gasteiger partial charge in [0.05, 0.1) is 5.75 Å². The number of nitrogens with one attached hydrogen (secondary N) is 1. The molecule has 0 aromatic heterocycles. The van der Waals surface area contributed by atoms with Crippen LogP contribution in [0.25, 0.3) is 0 Å². The molecule has 0 aliphatic rings. The first kappa shape index (κ1) is 19.6. The summed E-state index contributed by atoms with van der Waals surface area (Å²) in [5.41, 5.74) is 1.72. The van der Waals surface area contributed by atoms with Crippen LogP contribution >= 0.6 is 23.4 Å². The van der Waals surface area contributed by atoms with Gasteiger partial charge in [-0.15, -0.1) is 11.8 Å². The molecular formula is C19H22ClFN2OS. The van der Waals surface area contributed by atoms with Crippen LogP contribution in [0.3, 0.4) is 0 Å². The molecule has 0 spiro atoms. The first-order chi connectivity index (χ1) is 12.1. The van der Waals surface area contributed by atoms with E-state index in [1.807, 2.05) is 25.2 Å². The van der Waals surface area contributed by atoms with E-state index in [-0.39, 0.29) is 11.7 Å². The molecule has 2 rings (SSSR count). The normalized spacial score (nSPS) is 10.5. The molecule has 6 heteroatoms. The van der Waals surface area contributed by atoms with E-state index in [1.165, 1.54) is 17.8 Å². The van der Waals surface area contributed by atoms with Crippen molar-refractivity contribution in [1.29, 1.82) is 0 Å². The standard InChI is InChI=1S/C19H22ClFN2OS/c1-23(17-6-3-2-4-7-17)11-5-10-22-19(24)14-25-13-15-8-9-16(20)12-18(15)21/h2-4,6-9,12H,5,10-11,13-14H2,1H3,(H,22,24). The first-order valence-corrected chi connectivity index (χ1v) is 9.64. The summed E-state index contributed by atoms with van der Waals surface area (Å²) in [5, 5.41) is 3.28. The number of para-hydroxylation sites is 1. The maximum Gasteiger partial charge on any atom is 0.230 e. The molecule has 0 saturated carbocycles.